The van der Waals surface area contributed by atoms with E-state index in [-0.39, 0.29) is 0 Å². The number of nitrogens with two attached hydrogens (primary N) is 1. The lowest BCUT2D eigenvalue weighted by Crippen LogP contribution is -2.18. The molecule has 0 aliphatic rings. The second-order valence-corrected chi connectivity index (χ2v) is 4.27. The monoisotopic (exact) mass is 265 g/mol. The normalized spacial score (nSPS) is 9.78. The zero-order chi connectivity index (χ0) is 13.7. The number of nitrogens with one attached hydrogen (secondary N) is 2. The van der Waals surface area contributed by atoms with E-state index in [0.29, 0.717) is 12.4 Å². The van der Waals surface area contributed by atoms with Gasteiger partial charge in [0.1, 0.15) is 0 Å². The molecule has 18 heavy (non-hydrogen) atoms. The summed E-state index contributed by atoms with van der Waals surface area (Å²) in [4.78, 5) is 3.30. The molecule has 4 N–H and O–H groups in total. The second kappa shape index (κ2) is 6.36. The van der Waals surface area contributed by atoms with Crippen molar-refractivity contribution in [3.8, 4) is 0 Å². The van der Waals surface area contributed by atoms with Gasteiger partial charge in [0, 0.05) is 21.6 Å². The minimum atomic E-state index is 0.466. The number of hydrogen-bond acceptors (Lipinski definition) is 2. The summed E-state index contributed by atoms with van der Waals surface area (Å²) in [7, 11) is 0. The van der Waals surface area contributed by atoms with Crippen molar-refractivity contribution in [3.05, 3.63) is 46.9 Å². The van der Waals surface area contributed by atoms with E-state index in [9.17, 15) is 0 Å². The van der Waals surface area contributed by atoms with E-state index in [1.165, 1.54) is 0 Å². The lowest BCUT2D eigenvalue weighted by molar-refractivity contribution is 0.788. The van der Waals surface area contributed by atoms with E-state index < -0.39 is 0 Å². The van der Waals surface area contributed by atoms with Crippen LogP contribution in [0.5, 0.6) is 0 Å². The minimum absolute atomic E-state index is 0.466. The molecule has 1 aromatic heterocycles. The molecule has 0 radical (unpaired) electrons. The van der Waals surface area contributed by atoms with E-state index in [1.807, 2.05) is 32.9 Å². The summed E-state index contributed by atoms with van der Waals surface area (Å²) in [6.07, 6.45) is 0. The van der Waals surface area contributed by atoms with Gasteiger partial charge in [0.05, 0.1) is 12.4 Å². The third kappa shape index (κ3) is 3.44. The Kier molecular flexibility index (Phi) is 5.10. The van der Waals surface area contributed by atoms with Crippen LogP contribution in [0.3, 0.4) is 0 Å². The van der Waals surface area contributed by atoms with Crippen molar-refractivity contribution in [2.24, 2.45) is 5.73 Å². The number of halogens is 1. The molecule has 0 bridgehead atoms. The molecule has 0 aliphatic carbocycles. The molecule has 0 unspecified atom stereocenters. The maximum atomic E-state index is 6.06. The van der Waals surface area contributed by atoms with Crippen molar-refractivity contribution < 1.29 is 0 Å². The number of fused-ring (bicyclic) bond motifs is 1. The first-order valence-corrected chi connectivity index (χ1v) is 6.40. The Balaban J connectivity index is 0.000000771. The number of rotatable bonds is 3. The molecule has 0 amide bonds. The van der Waals surface area contributed by atoms with Crippen molar-refractivity contribution in [2.45, 2.75) is 27.3 Å². The summed E-state index contributed by atoms with van der Waals surface area (Å²) in [6, 6.07) is 6.05. The molecule has 0 saturated heterocycles. The van der Waals surface area contributed by atoms with Crippen LogP contribution < -0.4 is 11.1 Å². The van der Waals surface area contributed by atoms with Crippen molar-refractivity contribution >= 4 is 22.5 Å². The molecule has 0 atom stereocenters. The Morgan fingerprint density at radius 2 is 2.06 bits per heavy atom. The van der Waals surface area contributed by atoms with Crippen molar-refractivity contribution in [2.75, 3.05) is 0 Å². The molecule has 2 aromatic rings. The fourth-order valence-electron chi connectivity index (χ4n) is 1.63. The Hall–Kier alpha value is -1.61. The fraction of sp³-hybridized carbons (Fsp3) is 0.286. The second-order valence-electron chi connectivity index (χ2n) is 3.86. The molecule has 3 nitrogen and oxygen atoms in total. The average Bonchev–Trinajstić information content (AvgIpc) is 2.72. The molecule has 0 saturated carbocycles. The third-order valence-electron chi connectivity index (χ3n) is 2.46. The number of benzene rings is 1. The van der Waals surface area contributed by atoms with Gasteiger partial charge in [-0.3, -0.25) is 0 Å². The highest BCUT2D eigenvalue weighted by Crippen LogP contribution is 2.23. The first kappa shape index (κ1) is 14.5. The fourth-order valence-corrected chi connectivity index (χ4v) is 1.80. The zero-order valence-corrected chi connectivity index (χ0v) is 11.9. The Bertz CT molecular complexity index is 504. The Morgan fingerprint density at radius 1 is 1.39 bits per heavy atom. The van der Waals surface area contributed by atoms with Gasteiger partial charge in [-0.15, -0.1) is 0 Å². The molecule has 0 aliphatic heterocycles. The number of H-pyrrole nitrogens is 1. The maximum absolute atomic E-state index is 6.06. The summed E-state index contributed by atoms with van der Waals surface area (Å²) in [5.74, 6) is 0.466. The van der Waals surface area contributed by atoms with Crippen molar-refractivity contribution in [1.29, 1.82) is 0 Å². The molecule has 0 spiro atoms. The Labute approximate surface area is 113 Å². The lowest BCUT2D eigenvalue weighted by atomic mass is 10.2. The van der Waals surface area contributed by atoms with E-state index in [2.05, 4.69) is 22.9 Å². The third-order valence-corrected chi connectivity index (χ3v) is 2.87. The van der Waals surface area contributed by atoms with Crippen molar-refractivity contribution in [1.82, 2.24) is 10.3 Å². The standard InChI is InChI=1S/C12H14ClN3.C2H6/c1-7-3-12-9(5-11(7)13)4-10(16-12)6-15-8(2)14;1-2/h3-5,15-16H,2,6,14H2,1H3;1-2H3. The molecular formula is C14H20ClN3. The molecular weight excluding hydrogens is 246 g/mol. The van der Waals surface area contributed by atoms with Crippen LogP contribution in [0.1, 0.15) is 25.1 Å². The first-order chi connectivity index (χ1) is 8.56. The van der Waals surface area contributed by atoms with E-state index in [0.717, 1.165) is 27.2 Å². The van der Waals surface area contributed by atoms with Gasteiger partial charge in [-0.25, -0.2) is 0 Å². The first-order valence-electron chi connectivity index (χ1n) is 6.02. The van der Waals surface area contributed by atoms with Gasteiger partial charge in [-0.2, -0.15) is 0 Å². The number of aryl methyl sites for hydroxylation is 1. The quantitative estimate of drug-likeness (QED) is 0.793. The molecule has 2 rings (SSSR count). The number of aromatic amines is 1. The van der Waals surface area contributed by atoms with Crippen LogP contribution >= 0.6 is 11.6 Å². The molecule has 0 fully saturated rings. The van der Waals surface area contributed by atoms with Gasteiger partial charge in [-0.1, -0.05) is 32.0 Å². The maximum Gasteiger partial charge on any atom is 0.0889 e. The van der Waals surface area contributed by atoms with E-state index in [4.69, 9.17) is 17.3 Å². The zero-order valence-electron chi connectivity index (χ0n) is 11.1. The SMILES string of the molecule is C=C(N)NCc1cc2cc(Cl)c(C)cc2[nH]1.CC. The smallest absolute Gasteiger partial charge is 0.0889 e. The van der Waals surface area contributed by atoms with Gasteiger partial charge >= 0.3 is 0 Å². The highest BCUT2D eigenvalue weighted by molar-refractivity contribution is 6.32. The number of aromatic nitrogens is 1. The highest BCUT2D eigenvalue weighted by atomic mass is 35.5. The topological polar surface area (TPSA) is 53.8 Å². The van der Waals surface area contributed by atoms with Crippen LogP contribution in [0, 0.1) is 6.92 Å². The van der Waals surface area contributed by atoms with Gasteiger partial charge in [0.25, 0.3) is 0 Å². The van der Waals surface area contributed by atoms with Crippen LogP contribution in [0.4, 0.5) is 0 Å². The van der Waals surface area contributed by atoms with Crippen molar-refractivity contribution in [3.63, 3.8) is 0 Å². The van der Waals surface area contributed by atoms with Crippen LogP contribution in [-0.2, 0) is 6.54 Å². The lowest BCUT2D eigenvalue weighted by Gasteiger charge is -2.01. The van der Waals surface area contributed by atoms with Gasteiger partial charge < -0.3 is 16.0 Å². The average molecular weight is 266 g/mol. The molecule has 4 heteroatoms. The molecule has 98 valence electrons. The Morgan fingerprint density at radius 3 is 2.67 bits per heavy atom. The van der Waals surface area contributed by atoms with Crippen LogP contribution in [-0.4, -0.2) is 4.98 Å². The summed E-state index contributed by atoms with van der Waals surface area (Å²) in [6.45, 7) is 10.2. The highest BCUT2D eigenvalue weighted by Gasteiger charge is 2.03. The van der Waals surface area contributed by atoms with Gasteiger partial charge in [0.2, 0.25) is 0 Å². The molecule has 1 aromatic carbocycles. The summed E-state index contributed by atoms with van der Waals surface area (Å²) in [5, 5.41) is 4.86. The van der Waals surface area contributed by atoms with Crippen LogP contribution in [0.15, 0.2) is 30.6 Å². The summed E-state index contributed by atoms with van der Waals surface area (Å²) >= 11 is 6.06. The predicted molar refractivity (Wildman–Crippen MR) is 79.6 cm³/mol. The minimum Gasteiger partial charge on any atom is -0.386 e. The van der Waals surface area contributed by atoms with Crippen LogP contribution in [0.25, 0.3) is 10.9 Å². The van der Waals surface area contributed by atoms with E-state index >= 15 is 0 Å². The summed E-state index contributed by atoms with van der Waals surface area (Å²) < 4.78 is 0. The molecule has 1 heterocycles. The van der Waals surface area contributed by atoms with Crippen LogP contribution in [0.2, 0.25) is 5.02 Å². The largest absolute Gasteiger partial charge is 0.386 e. The van der Waals surface area contributed by atoms with E-state index in [1.54, 1.807) is 0 Å². The van der Waals surface area contributed by atoms with Gasteiger partial charge in [0.15, 0.2) is 0 Å². The predicted octanol–water partition coefficient (Wildman–Crippen LogP) is 3.68. The van der Waals surface area contributed by atoms with Gasteiger partial charge in [-0.05, 0) is 30.7 Å². The number of hydrogen-bond donors (Lipinski definition) is 3. The summed E-state index contributed by atoms with van der Waals surface area (Å²) in [5.41, 5.74) is 8.65.